The van der Waals surface area contributed by atoms with Crippen LogP contribution < -0.4 is 0 Å². The van der Waals surface area contributed by atoms with Gasteiger partial charge in [0.25, 0.3) is 0 Å². The van der Waals surface area contributed by atoms with E-state index in [1.807, 2.05) is 36.4 Å². The predicted molar refractivity (Wildman–Crippen MR) is 99.1 cm³/mol. The molecule has 0 radical (unpaired) electrons. The first-order valence-electron chi connectivity index (χ1n) is 9.36. The zero-order chi connectivity index (χ0) is 18.5. The molecule has 7 nitrogen and oxygen atoms in total. The molecule has 142 valence electrons. The van der Waals surface area contributed by atoms with Gasteiger partial charge in [0, 0.05) is 31.7 Å². The zero-order valence-electron chi connectivity index (χ0n) is 15.5. The Labute approximate surface area is 158 Å². The number of piperidine rings is 1. The number of nitrogens with zero attached hydrogens (tertiary/aromatic N) is 4. The third-order valence-electron chi connectivity index (χ3n) is 4.88. The normalized spacial score (nSPS) is 18.0. The van der Waals surface area contributed by atoms with Crippen LogP contribution in [0, 0.1) is 0 Å². The molecule has 7 heteroatoms. The van der Waals surface area contributed by atoms with Gasteiger partial charge in [0.15, 0.2) is 11.6 Å². The van der Waals surface area contributed by atoms with Gasteiger partial charge in [-0.25, -0.2) is 0 Å². The van der Waals surface area contributed by atoms with E-state index in [1.165, 1.54) is 0 Å². The lowest BCUT2D eigenvalue weighted by Crippen LogP contribution is -2.33. The molecular formula is C20H24N4O3. The van der Waals surface area contributed by atoms with Crippen LogP contribution in [0.15, 0.2) is 45.4 Å². The van der Waals surface area contributed by atoms with Crippen LogP contribution in [0.1, 0.15) is 36.2 Å². The topological polar surface area (TPSA) is 77.4 Å². The van der Waals surface area contributed by atoms with Crippen molar-refractivity contribution in [2.45, 2.75) is 31.7 Å². The van der Waals surface area contributed by atoms with Crippen LogP contribution in [0.4, 0.5) is 0 Å². The van der Waals surface area contributed by atoms with Crippen LogP contribution in [-0.4, -0.2) is 47.0 Å². The number of likely N-dealkylation sites (tertiary alicyclic amines) is 1. The van der Waals surface area contributed by atoms with Crippen LogP contribution in [-0.2, 0) is 17.7 Å². The minimum Gasteiger partial charge on any atom is -0.384 e. The molecule has 2 aromatic heterocycles. The van der Waals surface area contributed by atoms with Crippen molar-refractivity contribution < 1.29 is 13.8 Å². The van der Waals surface area contributed by atoms with Crippen LogP contribution in [0.2, 0.25) is 0 Å². The monoisotopic (exact) mass is 368 g/mol. The number of methoxy groups -OCH3 is 1. The highest BCUT2D eigenvalue weighted by Gasteiger charge is 2.26. The van der Waals surface area contributed by atoms with Crippen molar-refractivity contribution >= 4 is 0 Å². The fraction of sp³-hybridized carbons (Fsp3) is 0.450. The molecule has 1 atom stereocenters. The molecule has 0 amide bonds. The number of aromatic nitrogens is 3. The molecule has 0 unspecified atom stereocenters. The third kappa shape index (κ3) is 4.43. The van der Waals surface area contributed by atoms with E-state index in [1.54, 1.807) is 7.11 Å². The second-order valence-corrected chi connectivity index (χ2v) is 6.91. The van der Waals surface area contributed by atoms with Crippen LogP contribution in [0.5, 0.6) is 0 Å². The minimum atomic E-state index is 0.263. The maximum absolute atomic E-state index is 5.55. The van der Waals surface area contributed by atoms with Gasteiger partial charge in [-0.1, -0.05) is 40.6 Å². The predicted octanol–water partition coefficient (Wildman–Crippen LogP) is 3.29. The summed E-state index contributed by atoms with van der Waals surface area (Å²) in [6, 6.07) is 12.1. The van der Waals surface area contributed by atoms with Crippen molar-refractivity contribution in [1.82, 2.24) is 20.2 Å². The molecular weight excluding hydrogens is 344 g/mol. The summed E-state index contributed by atoms with van der Waals surface area (Å²) in [6.07, 6.45) is 2.84. The minimum absolute atomic E-state index is 0.263. The van der Waals surface area contributed by atoms with Gasteiger partial charge in [0.05, 0.1) is 19.1 Å². The Balaban J connectivity index is 1.37. The Bertz CT molecular complexity index is 846. The Kier molecular flexibility index (Phi) is 5.60. The SMILES string of the molecule is COCCc1noc([C@H]2CCCN(Cc3cc(-c4ccccc4)no3)C2)n1. The number of ether oxygens (including phenoxy) is 1. The van der Waals surface area contributed by atoms with Crippen molar-refractivity contribution in [3.8, 4) is 11.3 Å². The third-order valence-corrected chi connectivity index (χ3v) is 4.88. The summed E-state index contributed by atoms with van der Waals surface area (Å²) < 4.78 is 16.1. The molecule has 1 aromatic carbocycles. The van der Waals surface area contributed by atoms with E-state index < -0.39 is 0 Å². The molecule has 0 saturated carbocycles. The van der Waals surface area contributed by atoms with Crippen LogP contribution in [0.25, 0.3) is 11.3 Å². The molecule has 3 aromatic rings. The summed E-state index contributed by atoms with van der Waals surface area (Å²) in [4.78, 5) is 6.90. The van der Waals surface area contributed by atoms with E-state index in [0.29, 0.717) is 18.9 Å². The van der Waals surface area contributed by atoms with Gasteiger partial charge in [0.1, 0.15) is 5.69 Å². The van der Waals surface area contributed by atoms with E-state index in [-0.39, 0.29) is 5.92 Å². The van der Waals surface area contributed by atoms with E-state index in [2.05, 4.69) is 20.2 Å². The maximum atomic E-state index is 5.55. The van der Waals surface area contributed by atoms with Crippen molar-refractivity contribution in [2.75, 3.05) is 26.8 Å². The summed E-state index contributed by atoms with van der Waals surface area (Å²) in [5.41, 5.74) is 1.94. The number of hydrogen-bond acceptors (Lipinski definition) is 7. The molecule has 1 fully saturated rings. The largest absolute Gasteiger partial charge is 0.384 e. The second-order valence-electron chi connectivity index (χ2n) is 6.91. The molecule has 0 bridgehead atoms. The lowest BCUT2D eigenvalue weighted by molar-refractivity contribution is 0.164. The zero-order valence-corrected chi connectivity index (χ0v) is 15.5. The van der Waals surface area contributed by atoms with E-state index >= 15 is 0 Å². The molecule has 27 heavy (non-hydrogen) atoms. The van der Waals surface area contributed by atoms with Crippen molar-refractivity contribution in [3.05, 3.63) is 53.9 Å². The van der Waals surface area contributed by atoms with Crippen LogP contribution >= 0.6 is 0 Å². The lowest BCUT2D eigenvalue weighted by atomic mass is 9.98. The molecule has 1 aliphatic heterocycles. The summed E-state index contributed by atoms with van der Waals surface area (Å²) in [7, 11) is 1.67. The first-order valence-corrected chi connectivity index (χ1v) is 9.36. The van der Waals surface area contributed by atoms with Gasteiger partial charge in [-0.05, 0) is 19.4 Å². The molecule has 0 aliphatic carbocycles. The van der Waals surface area contributed by atoms with Gasteiger partial charge in [-0.3, -0.25) is 4.90 Å². The average Bonchev–Trinajstić information content (AvgIpc) is 3.37. The molecule has 0 N–H and O–H groups in total. The maximum Gasteiger partial charge on any atom is 0.231 e. The second kappa shape index (κ2) is 8.45. The number of rotatable bonds is 7. The van der Waals surface area contributed by atoms with E-state index in [4.69, 9.17) is 13.8 Å². The van der Waals surface area contributed by atoms with Crippen molar-refractivity contribution in [1.29, 1.82) is 0 Å². The fourth-order valence-corrected chi connectivity index (χ4v) is 3.48. The van der Waals surface area contributed by atoms with Crippen molar-refractivity contribution in [3.63, 3.8) is 0 Å². The average molecular weight is 368 g/mol. The molecule has 1 aliphatic rings. The quantitative estimate of drug-likeness (QED) is 0.633. The first-order chi connectivity index (χ1) is 13.3. The van der Waals surface area contributed by atoms with E-state index in [9.17, 15) is 0 Å². The fourth-order valence-electron chi connectivity index (χ4n) is 3.48. The Morgan fingerprint density at radius 3 is 2.93 bits per heavy atom. The molecule has 3 heterocycles. The highest BCUT2D eigenvalue weighted by molar-refractivity contribution is 5.58. The van der Waals surface area contributed by atoms with Gasteiger partial charge in [-0.2, -0.15) is 4.98 Å². The van der Waals surface area contributed by atoms with Gasteiger partial charge >= 0.3 is 0 Å². The molecule has 0 spiro atoms. The Hall–Kier alpha value is -2.51. The lowest BCUT2D eigenvalue weighted by Gasteiger charge is -2.29. The summed E-state index contributed by atoms with van der Waals surface area (Å²) in [5, 5.41) is 8.27. The Morgan fingerprint density at radius 2 is 2.07 bits per heavy atom. The highest BCUT2D eigenvalue weighted by Crippen LogP contribution is 2.27. The standard InChI is InChI=1S/C20H24N4O3/c1-25-11-9-19-21-20(27-23-19)16-8-5-10-24(13-16)14-17-12-18(22-26-17)15-6-3-2-4-7-15/h2-4,6-7,12,16H,5,8-11,13-14H2,1H3/t16-/m0/s1. The van der Waals surface area contributed by atoms with Crippen molar-refractivity contribution in [2.24, 2.45) is 0 Å². The number of hydrogen-bond donors (Lipinski definition) is 0. The summed E-state index contributed by atoms with van der Waals surface area (Å²) in [5.74, 6) is 2.58. The van der Waals surface area contributed by atoms with E-state index in [0.717, 1.165) is 55.4 Å². The summed E-state index contributed by atoms with van der Waals surface area (Å²) >= 11 is 0. The first kappa shape index (κ1) is 17.9. The smallest absolute Gasteiger partial charge is 0.231 e. The Morgan fingerprint density at radius 1 is 1.19 bits per heavy atom. The van der Waals surface area contributed by atoms with Gasteiger partial charge in [0.2, 0.25) is 5.89 Å². The number of benzene rings is 1. The summed E-state index contributed by atoms with van der Waals surface area (Å²) in [6.45, 7) is 3.25. The van der Waals surface area contributed by atoms with Crippen LogP contribution in [0.3, 0.4) is 0 Å². The van der Waals surface area contributed by atoms with Gasteiger partial charge < -0.3 is 13.8 Å². The molecule has 4 rings (SSSR count). The highest BCUT2D eigenvalue weighted by atomic mass is 16.5. The van der Waals surface area contributed by atoms with Gasteiger partial charge in [-0.15, -0.1) is 0 Å². The molecule has 1 saturated heterocycles.